The summed E-state index contributed by atoms with van der Waals surface area (Å²) in [5.74, 6) is 0.900. The molecule has 1 aliphatic heterocycles. The zero-order valence-corrected chi connectivity index (χ0v) is 16.4. The van der Waals surface area contributed by atoms with E-state index in [4.69, 9.17) is 5.73 Å². The van der Waals surface area contributed by atoms with Gasteiger partial charge in [0.25, 0.3) is 0 Å². The maximum Gasteiger partial charge on any atom is 0.226 e. The molecule has 1 heterocycles. The third-order valence-corrected chi connectivity index (χ3v) is 4.82. The lowest BCUT2D eigenvalue weighted by Crippen LogP contribution is -2.45. The molecule has 1 atom stereocenters. The number of rotatable bonds is 5. The van der Waals surface area contributed by atoms with Gasteiger partial charge in [-0.05, 0) is 49.3 Å². The van der Waals surface area contributed by atoms with Crippen LogP contribution >= 0.6 is 28.3 Å². The van der Waals surface area contributed by atoms with Crippen molar-refractivity contribution < 1.29 is 4.79 Å². The second kappa shape index (κ2) is 9.65. The largest absolute Gasteiger partial charge is 0.342 e. The van der Waals surface area contributed by atoms with E-state index in [1.807, 2.05) is 17.0 Å². The zero-order valence-electron chi connectivity index (χ0n) is 14.0. The second-order valence-corrected chi connectivity index (χ2v) is 7.74. The number of amides is 1. The fourth-order valence-electron chi connectivity index (χ4n) is 3.17. The van der Waals surface area contributed by atoms with Crippen molar-refractivity contribution in [1.82, 2.24) is 4.90 Å². The Morgan fingerprint density at radius 1 is 1.35 bits per heavy atom. The molecule has 1 fully saturated rings. The first-order valence-electron chi connectivity index (χ1n) is 8.24. The fourth-order valence-corrected chi connectivity index (χ4v) is 3.61. The van der Waals surface area contributed by atoms with E-state index in [1.165, 1.54) is 5.56 Å². The third kappa shape index (κ3) is 6.44. The molecule has 1 amide bonds. The number of hydrogen-bond acceptors (Lipinski definition) is 2. The Morgan fingerprint density at radius 2 is 2.00 bits per heavy atom. The molecule has 0 aliphatic carbocycles. The summed E-state index contributed by atoms with van der Waals surface area (Å²) in [5.41, 5.74) is 7.18. The molecular weight excluding hydrogens is 376 g/mol. The van der Waals surface area contributed by atoms with E-state index in [-0.39, 0.29) is 24.4 Å². The number of nitrogens with two attached hydrogens (primary N) is 1. The number of nitrogens with zero attached hydrogens (tertiary/aromatic N) is 1. The summed E-state index contributed by atoms with van der Waals surface area (Å²) in [6.45, 7) is 6.00. The van der Waals surface area contributed by atoms with E-state index < -0.39 is 0 Å². The van der Waals surface area contributed by atoms with Crippen molar-refractivity contribution in [2.45, 2.75) is 45.6 Å². The van der Waals surface area contributed by atoms with Crippen molar-refractivity contribution in [1.29, 1.82) is 0 Å². The zero-order chi connectivity index (χ0) is 16.1. The van der Waals surface area contributed by atoms with Gasteiger partial charge in [-0.1, -0.05) is 41.9 Å². The van der Waals surface area contributed by atoms with Crippen LogP contribution in [-0.2, 0) is 11.2 Å². The molecule has 0 spiro atoms. The topological polar surface area (TPSA) is 46.3 Å². The van der Waals surface area contributed by atoms with Crippen LogP contribution in [0.1, 0.15) is 38.7 Å². The summed E-state index contributed by atoms with van der Waals surface area (Å²) in [7, 11) is 0. The highest BCUT2D eigenvalue weighted by atomic mass is 79.9. The van der Waals surface area contributed by atoms with Crippen LogP contribution in [0.25, 0.3) is 0 Å². The van der Waals surface area contributed by atoms with Gasteiger partial charge in [0.2, 0.25) is 5.91 Å². The molecule has 1 aliphatic rings. The van der Waals surface area contributed by atoms with E-state index in [1.54, 1.807) is 0 Å². The van der Waals surface area contributed by atoms with E-state index in [9.17, 15) is 4.79 Å². The van der Waals surface area contributed by atoms with Gasteiger partial charge in [0.1, 0.15) is 0 Å². The van der Waals surface area contributed by atoms with E-state index in [0.29, 0.717) is 11.8 Å². The molecule has 1 unspecified atom stereocenters. The number of halogens is 2. The Balaban J connectivity index is 0.00000264. The predicted molar refractivity (Wildman–Crippen MR) is 102 cm³/mol. The maximum atomic E-state index is 12.9. The lowest BCUT2D eigenvalue weighted by Gasteiger charge is -2.33. The minimum absolute atomic E-state index is 0. The molecule has 1 aromatic carbocycles. The molecule has 2 rings (SSSR count). The molecule has 0 radical (unpaired) electrons. The quantitative estimate of drug-likeness (QED) is 0.807. The number of piperidine rings is 1. The first kappa shape index (κ1) is 20.5. The number of benzene rings is 1. The van der Waals surface area contributed by atoms with Crippen molar-refractivity contribution in [3.05, 3.63) is 34.3 Å². The molecule has 5 heteroatoms. The van der Waals surface area contributed by atoms with Crippen LogP contribution < -0.4 is 5.73 Å². The summed E-state index contributed by atoms with van der Waals surface area (Å²) in [4.78, 5) is 14.9. The summed E-state index contributed by atoms with van der Waals surface area (Å²) in [6.07, 6.45) is 3.61. The van der Waals surface area contributed by atoms with Crippen LogP contribution in [0.5, 0.6) is 0 Å². The molecule has 23 heavy (non-hydrogen) atoms. The highest BCUT2D eigenvalue weighted by molar-refractivity contribution is 9.10. The highest BCUT2D eigenvalue weighted by Gasteiger charge is 2.28. The van der Waals surface area contributed by atoms with Crippen molar-refractivity contribution in [2.75, 3.05) is 13.1 Å². The molecule has 0 saturated carbocycles. The van der Waals surface area contributed by atoms with Gasteiger partial charge in [0.15, 0.2) is 0 Å². The SMILES string of the molecule is CC(C)CC(Cc1cccc(Br)c1)C(=O)N1CCC(N)CC1.Cl. The molecule has 2 N–H and O–H groups in total. The molecule has 3 nitrogen and oxygen atoms in total. The van der Waals surface area contributed by atoms with Crippen LogP contribution in [0.3, 0.4) is 0 Å². The van der Waals surface area contributed by atoms with Crippen LogP contribution in [0, 0.1) is 11.8 Å². The second-order valence-electron chi connectivity index (χ2n) is 6.82. The Hall–Kier alpha value is -0.580. The van der Waals surface area contributed by atoms with Crippen LogP contribution in [-0.4, -0.2) is 29.9 Å². The summed E-state index contributed by atoms with van der Waals surface area (Å²) in [6, 6.07) is 8.55. The van der Waals surface area contributed by atoms with Gasteiger partial charge < -0.3 is 10.6 Å². The number of carbonyl (C=O) groups is 1. The number of carbonyl (C=O) groups excluding carboxylic acids is 1. The van der Waals surface area contributed by atoms with Crippen molar-refractivity contribution in [2.24, 2.45) is 17.6 Å². The third-order valence-electron chi connectivity index (χ3n) is 4.33. The average molecular weight is 404 g/mol. The van der Waals surface area contributed by atoms with Gasteiger partial charge in [0.05, 0.1) is 0 Å². The maximum absolute atomic E-state index is 12.9. The Kier molecular flexibility index (Phi) is 8.59. The first-order valence-corrected chi connectivity index (χ1v) is 9.04. The molecule has 1 aromatic rings. The Labute approximate surface area is 154 Å². The summed E-state index contributed by atoms with van der Waals surface area (Å²) >= 11 is 3.51. The minimum atomic E-state index is 0. The fraction of sp³-hybridized carbons (Fsp3) is 0.611. The standard InChI is InChI=1S/C18H27BrN2O.ClH/c1-13(2)10-15(11-14-4-3-5-16(19)12-14)18(22)21-8-6-17(20)7-9-21;/h3-5,12-13,15,17H,6-11,20H2,1-2H3;1H. The highest BCUT2D eigenvalue weighted by Crippen LogP contribution is 2.23. The van der Waals surface area contributed by atoms with Gasteiger partial charge in [-0.25, -0.2) is 0 Å². The lowest BCUT2D eigenvalue weighted by molar-refractivity contribution is -0.137. The van der Waals surface area contributed by atoms with Crippen molar-refractivity contribution in [3.63, 3.8) is 0 Å². The van der Waals surface area contributed by atoms with Crippen molar-refractivity contribution >= 4 is 34.2 Å². The van der Waals surface area contributed by atoms with E-state index >= 15 is 0 Å². The summed E-state index contributed by atoms with van der Waals surface area (Å²) in [5, 5.41) is 0. The van der Waals surface area contributed by atoms with Gasteiger partial charge in [0, 0.05) is 29.5 Å². The van der Waals surface area contributed by atoms with Gasteiger partial charge in [-0.15, -0.1) is 12.4 Å². The van der Waals surface area contributed by atoms with Gasteiger partial charge in [-0.2, -0.15) is 0 Å². The van der Waals surface area contributed by atoms with Gasteiger partial charge >= 0.3 is 0 Å². The minimum Gasteiger partial charge on any atom is -0.342 e. The average Bonchev–Trinajstić information content (AvgIpc) is 2.46. The smallest absolute Gasteiger partial charge is 0.226 e. The molecule has 130 valence electrons. The molecule has 0 aromatic heterocycles. The number of hydrogen-bond donors (Lipinski definition) is 1. The first-order chi connectivity index (χ1) is 10.5. The van der Waals surface area contributed by atoms with E-state index in [2.05, 4.69) is 41.9 Å². The van der Waals surface area contributed by atoms with E-state index in [0.717, 1.165) is 43.2 Å². The van der Waals surface area contributed by atoms with Gasteiger partial charge in [-0.3, -0.25) is 4.79 Å². The van der Waals surface area contributed by atoms with Crippen LogP contribution in [0.2, 0.25) is 0 Å². The predicted octanol–water partition coefficient (Wildman–Crippen LogP) is 4.03. The summed E-state index contributed by atoms with van der Waals surface area (Å²) < 4.78 is 1.07. The van der Waals surface area contributed by atoms with Crippen LogP contribution in [0.15, 0.2) is 28.7 Å². The molecular formula is C18H28BrClN2O. The molecule has 1 saturated heterocycles. The Morgan fingerprint density at radius 3 is 2.57 bits per heavy atom. The van der Waals surface area contributed by atoms with Crippen LogP contribution in [0.4, 0.5) is 0 Å². The molecule has 0 bridgehead atoms. The Bertz CT molecular complexity index is 502. The normalized spacial score (nSPS) is 17.0. The number of likely N-dealkylation sites (tertiary alicyclic amines) is 1. The lowest BCUT2D eigenvalue weighted by atomic mass is 9.89. The monoisotopic (exact) mass is 402 g/mol. The van der Waals surface area contributed by atoms with Crippen molar-refractivity contribution in [3.8, 4) is 0 Å².